The van der Waals surface area contributed by atoms with Gasteiger partial charge in [-0.25, -0.2) is 9.78 Å². The van der Waals surface area contributed by atoms with Crippen molar-refractivity contribution in [3.8, 4) is 5.75 Å². The normalized spacial score (nSPS) is 10.5. The van der Waals surface area contributed by atoms with Crippen LogP contribution in [-0.2, 0) is 0 Å². The van der Waals surface area contributed by atoms with E-state index in [2.05, 4.69) is 31.5 Å². The Bertz CT molecular complexity index is 531. The number of nitrogens with one attached hydrogen (secondary N) is 2. The lowest BCUT2D eigenvalue weighted by Gasteiger charge is -2.00. The van der Waals surface area contributed by atoms with Gasteiger partial charge in [-0.1, -0.05) is 11.3 Å². The molecule has 1 heterocycles. The summed E-state index contributed by atoms with van der Waals surface area (Å²) in [6.45, 7) is 2.40. The van der Waals surface area contributed by atoms with Crippen molar-refractivity contribution in [3.05, 3.63) is 16.6 Å². The number of anilines is 1. The SMILES string of the molecule is CCNC(=O)Nc1nc2cc(Br)c(O)cc2s1. The van der Waals surface area contributed by atoms with Gasteiger partial charge >= 0.3 is 6.03 Å². The van der Waals surface area contributed by atoms with Gasteiger partial charge in [0, 0.05) is 12.6 Å². The summed E-state index contributed by atoms with van der Waals surface area (Å²) in [6.07, 6.45) is 0. The van der Waals surface area contributed by atoms with Crippen LogP contribution in [-0.4, -0.2) is 22.7 Å². The molecule has 0 radical (unpaired) electrons. The average Bonchev–Trinajstić information content (AvgIpc) is 2.60. The number of aromatic hydroxyl groups is 1. The number of benzene rings is 1. The second-order valence-electron chi connectivity index (χ2n) is 3.27. The molecular weight excluding hydrogens is 306 g/mol. The Hall–Kier alpha value is -1.34. The van der Waals surface area contributed by atoms with Crippen LogP contribution in [0.3, 0.4) is 0 Å². The minimum atomic E-state index is -0.283. The first-order chi connectivity index (χ1) is 8.10. The Labute approximate surface area is 110 Å². The number of rotatable bonds is 2. The van der Waals surface area contributed by atoms with Crippen LogP contribution in [0.25, 0.3) is 10.2 Å². The number of amides is 2. The molecule has 2 amide bonds. The van der Waals surface area contributed by atoms with Crippen LogP contribution < -0.4 is 10.6 Å². The molecule has 0 aliphatic carbocycles. The van der Waals surface area contributed by atoms with Crippen molar-refractivity contribution in [1.82, 2.24) is 10.3 Å². The predicted octanol–water partition coefficient (Wildman–Crippen LogP) is 2.91. The zero-order valence-electron chi connectivity index (χ0n) is 8.95. The maximum Gasteiger partial charge on any atom is 0.321 e. The van der Waals surface area contributed by atoms with Crippen molar-refractivity contribution in [2.24, 2.45) is 0 Å². The number of hydrogen-bond donors (Lipinski definition) is 3. The van der Waals surface area contributed by atoms with Crippen molar-refractivity contribution in [3.63, 3.8) is 0 Å². The lowest BCUT2D eigenvalue weighted by molar-refractivity contribution is 0.252. The molecule has 2 aromatic rings. The van der Waals surface area contributed by atoms with Gasteiger partial charge < -0.3 is 10.4 Å². The zero-order chi connectivity index (χ0) is 12.4. The van der Waals surface area contributed by atoms with Crippen molar-refractivity contribution in [1.29, 1.82) is 0 Å². The highest BCUT2D eigenvalue weighted by Crippen LogP contribution is 2.33. The number of urea groups is 1. The molecular formula is C10H10BrN3O2S. The number of nitrogens with zero attached hydrogens (tertiary/aromatic N) is 1. The summed E-state index contributed by atoms with van der Waals surface area (Å²) in [6, 6.07) is 3.04. The summed E-state index contributed by atoms with van der Waals surface area (Å²) >= 11 is 4.53. The van der Waals surface area contributed by atoms with Crippen LogP contribution in [0.5, 0.6) is 5.75 Å². The van der Waals surface area contributed by atoms with E-state index in [0.717, 1.165) is 10.2 Å². The molecule has 90 valence electrons. The quantitative estimate of drug-likeness (QED) is 0.797. The first kappa shape index (κ1) is 12.1. The predicted molar refractivity (Wildman–Crippen MR) is 71.7 cm³/mol. The third-order valence-electron chi connectivity index (χ3n) is 2.01. The molecule has 3 N–H and O–H groups in total. The van der Waals surface area contributed by atoms with Crippen LogP contribution in [0.1, 0.15) is 6.92 Å². The Morgan fingerprint density at radius 1 is 1.59 bits per heavy atom. The van der Waals surface area contributed by atoms with E-state index in [9.17, 15) is 9.90 Å². The number of hydrogen-bond acceptors (Lipinski definition) is 4. The van der Waals surface area contributed by atoms with Gasteiger partial charge in [-0.3, -0.25) is 5.32 Å². The topological polar surface area (TPSA) is 74.2 Å². The van der Waals surface area contributed by atoms with Gasteiger partial charge in [-0.05, 0) is 28.9 Å². The Morgan fingerprint density at radius 2 is 2.35 bits per heavy atom. The lowest BCUT2D eigenvalue weighted by atomic mass is 10.3. The molecule has 1 aromatic heterocycles. The Kier molecular flexibility index (Phi) is 3.49. The summed E-state index contributed by atoms with van der Waals surface area (Å²) in [4.78, 5) is 15.6. The average molecular weight is 316 g/mol. The Morgan fingerprint density at radius 3 is 3.06 bits per heavy atom. The summed E-state index contributed by atoms with van der Waals surface area (Å²) in [5, 5.41) is 15.3. The first-order valence-electron chi connectivity index (χ1n) is 4.94. The number of thiazole rings is 1. The summed E-state index contributed by atoms with van der Waals surface area (Å²) in [7, 11) is 0. The molecule has 17 heavy (non-hydrogen) atoms. The van der Waals surface area contributed by atoms with Crippen LogP contribution in [0.15, 0.2) is 16.6 Å². The number of aromatic nitrogens is 1. The van der Waals surface area contributed by atoms with Gasteiger partial charge in [-0.2, -0.15) is 0 Å². The molecule has 0 unspecified atom stereocenters. The fourth-order valence-corrected chi connectivity index (χ4v) is 2.50. The second-order valence-corrected chi connectivity index (χ2v) is 5.16. The number of fused-ring (bicyclic) bond motifs is 1. The van der Waals surface area contributed by atoms with Crippen molar-refractivity contribution < 1.29 is 9.90 Å². The molecule has 0 bridgehead atoms. The molecule has 0 aliphatic heterocycles. The van der Waals surface area contributed by atoms with E-state index in [0.29, 0.717) is 16.1 Å². The minimum Gasteiger partial charge on any atom is -0.507 e. The number of halogens is 1. The van der Waals surface area contributed by atoms with Crippen LogP contribution >= 0.6 is 27.3 Å². The molecule has 7 heteroatoms. The summed E-state index contributed by atoms with van der Waals surface area (Å²) in [5.74, 6) is 0.158. The second kappa shape index (κ2) is 4.89. The van der Waals surface area contributed by atoms with Gasteiger partial charge in [0.15, 0.2) is 5.13 Å². The molecule has 0 aliphatic rings. The van der Waals surface area contributed by atoms with Gasteiger partial charge in [0.25, 0.3) is 0 Å². The third kappa shape index (κ3) is 2.67. The first-order valence-corrected chi connectivity index (χ1v) is 6.55. The molecule has 0 fully saturated rings. The maximum atomic E-state index is 11.3. The van der Waals surface area contributed by atoms with E-state index >= 15 is 0 Å². The molecule has 0 spiro atoms. The molecule has 5 nitrogen and oxygen atoms in total. The number of carbonyl (C=O) groups excluding carboxylic acids is 1. The van der Waals surface area contributed by atoms with Gasteiger partial charge in [0.1, 0.15) is 5.75 Å². The molecule has 0 saturated heterocycles. The molecule has 1 aromatic carbocycles. The zero-order valence-corrected chi connectivity index (χ0v) is 11.4. The number of carbonyl (C=O) groups is 1. The smallest absolute Gasteiger partial charge is 0.321 e. The van der Waals surface area contributed by atoms with Crippen molar-refractivity contribution in [2.75, 3.05) is 11.9 Å². The van der Waals surface area contributed by atoms with Gasteiger partial charge in [-0.15, -0.1) is 0 Å². The minimum absolute atomic E-state index is 0.158. The highest BCUT2D eigenvalue weighted by molar-refractivity contribution is 9.10. The van der Waals surface area contributed by atoms with E-state index in [1.807, 2.05) is 6.92 Å². The van der Waals surface area contributed by atoms with Crippen LogP contribution in [0, 0.1) is 0 Å². The van der Waals surface area contributed by atoms with Crippen molar-refractivity contribution >= 4 is 48.6 Å². The fraction of sp³-hybridized carbons (Fsp3) is 0.200. The monoisotopic (exact) mass is 315 g/mol. The summed E-state index contributed by atoms with van der Waals surface area (Å²) < 4.78 is 1.40. The molecule has 0 atom stereocenters. The molecule has 2 rings (SSSR count). The van der Waals surface area contributed by atoms with Gasteiger partial charge in [0.2, 0.25) is 0 Å². The standard InChI is InChI=1S/C10H10BrN3O2S/c1-2-12-9(16)14-10-13-6-3-5(11)7(15)4-8(6)17-10/h3-4,15H,2H2,1H3,(H2,12,13,14,16). The third-order valence-corrected chi connectivity index (χ3v) is 3.58. The largest absolute Gasteiger partial charge is 0.507 e. The van der Waals surface area contributed by atoms with E-state index in [-0.39, 0.29) is 11.8 Å². The maximum absolute atomic E-state index is 11.3. The fourth-order valence-electron chi connectivity index (χ4n) is 1.29. The molecule has 0 saturated carbocycles. The van der Waals surface area contributed by atoms with E-state index in [4.69, 9.17) is 0 Å². The van der Waals surface area contributed by atoms with Crippen LogP contribution in [0.2, 0.25) is 0 Å². The number of phenolic OH excluding ortho intramolecular Hbond substituents is 1. The van der Waals surface area contributed by atoms with E-state index in [1.165, 1.54) is 11.3 Å². The van der Waals surface area contributed by atoms with E-state index < -0.39 is 0 Å². The van der Waals surface area contributed by atoms with Gasteiger partial charge in [0.05, 0.1) is 14.7 Å². The summed E-state index contributed by atoms with van der Waals surface area (Å²) in [5.41, 5.74) is 0.728. The highest BCUT2D eigenvalue weighted by Gasteiger charge is 2.09. The Balaban J connectivity index is 2.29. The number of phenols is 1. The van der Waals surface area contributed by atoms with Crippen LogP contribution in [0.4, 0.5) is 9.93 Å². The van der Waals surface area contributed by atoms with Crippen molar-refractivity contribution in [2.45, 2.75) is 6.92 Å². The lowest BCUT2D eigenvalue weighted by Crippen LogP contribution is -2.28. The van der Waals surface area contributed by atoms with E-state index in [1.54, 1.807) is 12.1 Å². The highest BCUT2D eigenvalue weighted by atomic mass is 79.9.